The number of aliphatic hydroxyl groups is 1. The predicted molar refractivity (Wildman–Crippen MR) is 149 cm³/mol. The lowest BCUT2D eigenvalue weighted by molar-refractivity contribution is -0.154. The molecular formula is C28H34ClN7O3. The van der Waals surface area contributed by atoms with Crippen LogP contribution in [0.15, 0.2) is 48.5 Å². The topological polar surface area (TPSA) is 122 Å². The number of esters is 1. The standard InChI is InChI=1S/C28H34ClN7O3/c1-5-6-11-24-30-26(29)23(17-39-28(38)25(18(2)37)35(3)4)36(24)16-19-12-14-20(15-13-19)21-9-7-8-10-22(21)27-31-33-34-32-27/h7-10,12-15,18,25,37H,5-6,11,16-17H2,1-4H3,(H,31,32,33,34). The van der Waals surface area contributed by atoms with Crippen molar-refractivity contribution in [3.05, 3.63) is 70.8 Å². The number of rotatable bonds is 12. The predicted octanol–water partition coefficient (Wildman–Crippen LogP) is 4.13. The fourth-order valence-electron chi connectivity index (χ4n) is 4.60. The molecule has 0 saturated heterocycles. The Morgan fingerprint density at radius 3 is 2.49 bits per heavy atom. The Balaban J connectivity index is 1.58. The molecule has 2 atom stereocenters. The summed E-state index contributed by atoms with van der Waals surface area (Å²) in [4.78, 5) is 19.0. The number of likely N-dealkylation sites (N-methyl/N-ethyl adjacent to an activating group) is 1. The van der Waals surface area contributed by atoms with Crippen LogP contribution >= 0.6 is 11.6 Å². The van der Waals surface area contributed by atoms with Gasteiger partial charge in [-0.2, -0.15) is 5.21 Å². The van der Waals surface area contributed by atoms with E-state index in [9.17, 15) is 9.90 Å². The number of aromatic nitrogens is 6. The number of aromatic amines is 1. The van der Waals surface area contributed by atoms with Gasteiger partial charge in [0, 0.05) is 18.5 Å². The molecule has 2 aromatic heterocycles. The average molecular weight is 552 g/mol. The molecule has 0 spiro atoms. The Bertz CT molecular complexity index is 1360. The summed E-state index contributed by atoms with van der Waals surface area (Å²) in [5, 5.41) is 24.8. The molecule has 0 bridgehead atoms. The second-order valence-electron chi connectivity index (χ2n) is 9.69. The van der Waals surface area contributed by atoms with Crippen molar-refractivity contribution in [1.82, 2.24) is 35.1 Å². The van der Waals surface area contributed by atoms with Gasteiger partial charge >= 0.3 is 5.97 Å². The highest BCUT2D eigenvalue weighted by Crippen LogP contribution is 2.30. The molecule has 2 N–H and O–H groups in total. The Kier molecular flexibility index (Phi) is 9.45. The first-order chi connectivity index (χ1) is 18.8. The number of hydrogen-bond acceptors (Lipinski definition) is 8. The molecule has 2 aromatic carbocycles. The molecule has 0 aliphatic rings. The average Bonchev–Trinajstić information content (AvgIpc) is 3.55. The van der Waals surface area contributed by atoms with Gasteiger partial charge in [0.1, 0.15) is 18.5 Å². The SMILES string of the molecule is CCCCc1nc(Cl)c(COC(=O)C(C(C)O)N(C)C)n1Cc1ccc(-c2ccccc2-c2nn[nH]n2)cc1. The second-order valence-corrected chi connectivity index (χ2v) is 10.0. The van der Waals surface area contributed by atoms with Crippen LogP contribution in [-0.4, -0.2) is 72.4 Å². The van der Waals surface area contributed by atoms with Crippen LogP contribution in [-0.2, 0) is 29.1 Å². The van der Waals surface area contributed by atoms with Gasteiger partial charge in [0.25, 0.3) is 0 Å². The third-order valence-corrected chi connectivity index (χ3v) is 6.88. The quantitative estimate of drug-likeness (QED) is 0.252. The third-order valence-electron chi connectivity index (χ3n) is 6.58. The Morgan fingerprint density at radius 2 is 1.87 bits per heavy atom. The van der Waals surface area contributed by atoms with E-state index in [2.05, 4.69) is 56.8 Å². The Labute approximate surface area is 233 Å². The van der Waals surface area contributed by atoms with Gasteiger partial charge in [-0.3, -0.25) is 9.69 Å². The van der Waals surface area contributed by atoms with Crippen molar-refractivity contribution >= 4 is 17.6 Å². The number of carbonyl (C=O) groups excluding carboxylic acids is 1. The van der Waals surface area contributed by atoms with Crippen molar-refractivity contribution in [2.45, 2.75) is 58.4 Å². The van der Waals surface area contributed by atoms with Crippen LogP contribution < -0.4 is 0 Å². The molecular weight excluding hydrogens is 518 g/mol. The Morgan fingerprint density at radius 1 is 1.15 bits per heavy atom. The lowest BCUT2D eigenvalue weighted by atomic mass is 9.98. The largest absolute Gasteiger partial charge is 0.458 e. The van der Waals surface area contributed by atoms with Crippen molar-refractivity contribution in [3.63, 3.8) is 0 Å². The van der Waals surface area contributed by atoms with E-state index in [1.165, 1.54) is 0 Å². The molecule has 0 radical (unpaired) electrons. The number of aliphatic hydroxyl groups excluding tert-OH is 1. The number of hydrogen-bond donors (Lipinski definition) is 2. The summed E-state index contributed by atoms with van der Waals surface area (Å²) in [6, 6.07) is 15.4. The first kappa shape index (κ1) is 28.4. The minimum Gasteiger partial charge on any atom is -0.458 e. The van der Waals surface area contributed by atoms with Crippen LogP contribution in [0.5, 0.6) is 0 Å². The molecule has 4 rings (SSSR count). The molecule has 206 valence electrons. The van der Waals surface area contributed by atoms with E-state index in [1.807, 2.05) is 28.8 Å². The zero-order valence-corrected chi connectivity index (χ0v) is 23.4. The van der Waals surface area contributed by atoms with Crippen LogP contribution in [0.4, 0.5) is 0 Å². The van der Waals surface area contributed by atoms with E-state index in [4.69, 9.17) is 16.3 Å². The maximum absolute atomic E-state index is 12.7. The molecule has 10 nitrogen and oxygen atoms in total. The van der Waals surface area contributed by atoms with Crippen molar-refractivity contribution < 1.29 is 14.6 Å². The molecule has 0 aliphatic carbocycles. The summed E-state index contributed by atoms with van der Waals surface area (Å²) in [6.45, 7) is 4.17. The Hall–Kier alpha value is -3.60. The molecule has 4 aromatic rings. The van der Waals surface area contributed by atoms with Crippen molar-refractivity contribution in [2.24, 2.45) is 0 Å². The van der Waals surface area contributed by atoms with Gasteiger partial charge in [-0.15, -0.1) is 10.2 Å². The highest BCUT2D eigenvalue weighted by molar-refractivity contribution is 6.30. The first-order valence-corrected chi connectivity index (χ1v) is 13.3. The summed E-state index contributed by atoms with van der Waals surface area (Å²) in [6.07, 6.45) is 1.86. The van der Waals surface area contributed by atoms with Crippen molar-refractivity contribution in [1.29, 1.82) is 0 Å². The molecule has 0 aliphatic heterocycles. The smallest absolute Gasteiger partial charge is 0.326 e. The zero-order chi connectivity index (χ0) is 27.9. The number of halogens is 1. The van der Waals surface area contributed by atoms with Gasteiger partial charge in [0.05, 0.1) is 11.8 Å². The lowest BCUT2D eigenvalue weighted by Crippen LogP contribution is -2.44. The number of carbonyl (C=O) groups is 1. The molecule has 0 saturated carbocycles. The highest BCUT2D eigenvalue weighted by Gasteiger charge is 2.28. The number of H-pyrrole nitrogens is 1. The minimum atomic E-state index is -0.878. The minimum absolute atomic E-state index is 0.0377. The van der Waals surface area contributed by atoms with Gasteiger partial charge in [-0.05, 0) is 49.3 Å². The normalized spacial score (nSPS) is 13.0. The van der Waals surface area contributed by atoms with E-state index in [0.717, 1.165) is 47.3 Å². The zero-order valence-electron chi connectivity index (χ0n) is 22.6. The molecule has 39 heavy (non-hydrogen) atoms. The summed E-state index contributed by atoms with van der Waals surface area (Å²) in [5.41, 5.74) is 4.59. The van der Waals surface area contributed by atoms with E-state index >= 15 is 0 Å². The third kappa shape index (κ3) is 6.70. The summed E-state index contributed by atoms with van der Waals surface area (Å²) < 4.78 is 7.64. The van der Waals surface area contributed by atoms with E-state index in [1.54, 1.807) is 25.9 Å². The monoisotopic (exact) mass is 551 g/mol. The van der Waals surface area contributed by atoms with E-state index < -0.39 is 18.1 Å². The summed E-state index contributed by atoms with van der Waals surface area (Å²) in [7, 11) is 3.45. The number of aryl methyl sites for hydroxylation is 1. The van der Waals surface area contributed by atoms with Gasteiger partial charge in [-0.1, -0.05) is 73.5 Å². The van der Waals surface area contributed by atoms with Crippen LogP contribution in [0.2, 0.25) is 5.15 Å². The molecule has 2 heterocycles. The van der Waals surface area contributed by atoms with Crippen LogP contribution in [0.1, 0.15) is 43.8 Å². The van der Waals surface area contributed by atoms with Gasteiger partial charge in [0.2, 0.25) is 5.82 Å². The van der Waals surface area contributed by atoms with Crippen LogP contribution in [0.25, 0.3) is 22.5 Å². The highest BCUT2D eigenvalue weighted by atomic mass is 35.5. The number of nitrogens with one attached hydrogen (secondary N) is 1. The molecule has 11 heteroatoms. The van der Waals surface area contributed by atoms with Crippen molar-refractivity contribution in [2.75, 3.05) is 14.1 Å². The lowest BCUT2D eigenvalue weighted by Gasteiger charge is -2.25. The van der Waals surface area contributed by atoms with Crippen LogP contribution in [0, 0.1) is 0 Å². The molecule has 0 fully saturated rings. The first-order valence-electron chi connectivity index (χ1n) is 13.0. The van der Waals surface area contributed by atoms with Gasteiger partial charge in [-0.25, -0.2) is 4.98 Å². The van der Waals surface area contributed by atoms with Gasteiger partial charge < -0.3 is 14.4 Å². The summed E-state index contributed by atoms with van der Waals surface area (Å²) >= 11 is 6.55. The van der Waals surface area contributed by atoms with E-state index in [0.29, 0.717) is 23.2 Å². The summed E-state index contributed by atoms with van der Waals surface area (Å²) in [5.74, 6) is 0.868. The molecule has 0 amide bonds. The van der Waals surface area contributed by atoms with Crippen LogP contribution in [0.3, 0.4) is 0 Å². The number of unbranched alkanes of at least 4 members (excludes halogenated alkanes) is 1. The maximum Gasteiger partial charge on any atom is 0.326 e. The number of nitrogens with zero attached hydrogens (tertiary/aromatic N) is 6. The van der Waals surface area contributed by atoms with Gasteiger partial charge in [0.15, 0.2) is 5.15 Å². The number of tetrazole rings is 1. The fourth-order valence-corrected chi connectivity index (χ4v) is 4.85. The molecule has 2 unspecified atom stereocenters. The van der Waals surface area contributed by atoms with Crippen molar-refractivity contribution in [3.8, 4) is 22.5 Å². The number of benzene rings is 2. The second kappa shape index (κ2) is 13.0. The van der Waals surface area contributed by atoms with E-state index in [-0.39, 0.29) is 6.61 Å². The number of ether oxygens (including phenoxy) is 1. The number of imidazole rings is 1. The fraction of sp³-hybridized carbons (Fsp3) is 0.393. The maximum atomic E-state index is 12.7.